The van der Waals surface area contributed by atoms with E-state index in [9.17, 15) is 9.59 Å². The summed E-state index contributed by atoms with van der Waals surface area (Å²) in [5, 5.41) is 0. The molecule has 2 aromatic carbocycles. The van der Waals surface area contributed by atoms with Gasteiger partial charge in [-0.3, -0.25) is 9.59 Å². The largest absolute Gasteiger partial charge is 0.368 e. The Bertz CT molecular complexity index is 813. The SMILES string of the molecule is O=C(CC(=O)N1CCc2ccccc2C1)N1CCN(c2ccccc2)CC1. The van der Waals surface area contributed by atoms with Crippen LogP contribution in [0.4, 0.5) is 5.69 Å². The molecule has 0 unspecified atom stereocenters. The first-order chi connectivity index (χ1) is 13.2. The minimum atomic E-state index is -0.0556. The Balaban J connectivity index is 1.29. The van der Waals surface area contributed by atoms with Gasteiger partial charge in [-0.2, -0.15) is 0 Å². The number of carbonyl (C=O) groups is 2. The van der Waals surface area contributed by atoms with Gasteiger partial charge in [0.05, 0.1) is 0 Å². The number of rotatable bonds is 3. The smallest absolute Gasteiger partial charge is 0.232 e. The van der Waals surface area contributed by atoms with Crippen LogP contribution in [0.15, 0.2) is 54.6 Å². The normalized spacial score (nSPS) is 16.8. The van der Waals surface area contributed by atoms with Gasteiger partial charge >= 0.3 is 0 Å². The number of piperazine rings is 1. The van der Waals surface area contributed by atoms with Crippen LogP contribution in [0.5, 0.6) is 0 Å². The van der Waals surface area contributed by atoms with Gasteiger partial charge in [-0.25, -0.2) is 0 Å². The summed E-state index contributed by atoms with van der Waals surface area (Å²) in [6.07, 6.45) is 0.847. The van der Waals surface area contributed by atoms with Crippen molar-refractivity contribution in [2.45, 2.75) is 19.4 Å². The molecule has 1 saturated heterocycles. The minimum Gasteiger partial charge on any atom is -0.368 e. The van der Waals surface area contributed by atoms with Crippen LogP contribution in [-0.2, 0) is 22.6 Å². The van der Waals surface area contributed by atoms with E-state index in [0.717, 1.165) is 19.5 Å². The van der Waals surface area contributed by atoms with E-state index in [-0.39, 0.29) is 18.2 Å². The molecule has 0 radical (unpaired) electrons. The van der Waals surface area contributed by atoms with Gasteiger partial charge in [-0.15, -0.1) is 0 Å². The number of hydrogen-bond acceptors (Lipinski definition) is 3. The van der Waals surface area contributed by atoms with E-state index >= 15 is 0 Å². The van der Waals surface area contributed by atoms with Crippen molar-refractivity contribution in [3.8, 4) is 0 Å². The molecule has 0 N–H and O–H groups in total. The molecule has 1 fully saturated rings. The molecule has 0 bridgehead atoms. The summed E-state index contributed by atoms with van der Waals surface area (Å²) >= 11 is 0. The molecule has 140 valence electrons. The van der Waals surface area contributed by atoms with E-state index in [1.165, 1.54) is 16.8 Å². The fraction of sp³-hybridized carbons (Fsp3) is 0.364. The standard InChI is InChI=1S/C22H25N3O2/c26-21(24-14-12-23(13-15-24)20-8-2-1-3-9-20)16-22(27)25-11-10-18-6-4-5-7-19(18)17-25/h1-9H,10-17H2. The van der Waals surface area contributed by atoms with Crippen molar-refractivity contribution in [3.63, 3.8) is 0 Å². The first-order valence-electron chi connectivity index (χ1n) is 9.63. The Morgan fingerprint density at radius 1 is 0.704 bits per heavy atom. The lowest BCUT2D eigenvalue weighted by atomic mass is 10.00. The van der Waals surface area contributed by atoms with Gasteiger partial charge in [0, 0.05) is 45.0 Å². The number of hydrogen-bond donors (Lipinski definition) is 0. The van der Waals surface area contributed by atoms with Gasteiger partial charge < -0.3 is 14.7 Å². The van der Waals surface area contributed by atoms with Gasteiger partial charge in [-0.1, -0.05) is 42.5 Å². The van der Waals surface area contributed by atoms with Gasteiger partial charge in [0.1, 0.15) is 6.42 Å². The zero-order chi connectivity index (χ0) is 18.6. The fourth-order valence-corrected chi connectivity index (χ4v) is 3.91. The summed E-state index contributed by atoms with van der Waals surface area (Å²) in [6.45, 7) is 4.27. The van der Waals surface area contributed by atoms with E-state index in [0.29, 0.717) is 26.2 Å². The second kappa shape index (κ2) is 7.82. The summed E-state index contributed by atoms with van der Waals surface area (Å²) in [6, 6.07) is 18.5. The fourth-order valence-electron chi connectivity index (χ4n) is 3.91. The monoisotopic (exact) mass is 363 g/mol. The number of benzene rings is 2. The molecule has 2 amide bonds. The maximum absolute atomic E-state index is 12.6. The summed E-state index contributed by atoms with van der Waals surface area (Å²) < 4.78 is 0. The topological polar surface area (TPSA) is 43.9 Å². The lowest BCUT2D eigenvalue weighted by Gasteiger charge is -2.36. The third kappa shape index (κ3) is 3.97. The van der Waals surface area contributed by atoms with Crippen molar-refractivity contribution in [2.24, 2.45) is 0 Å². The molecule has 0 aliphatic carbocycles. The van der Waals surface area contributed by atoms with E-state index < -0.39 is 0 Å². The Morgan fingerprint density at radius 2 is 1.33 bits per heavy atom. The number of anilines is 1. The van der Waals surface area contributed by atoms with Crippen LogP contribution in [0, 0.1) is 0 Å². The highest BCUT2D eigenvalue weighted by Crippen LogP contribution is 2.20. The van der Waals surface area contributed by atoms with Crippen LogP contribution in [0.2, 0.25) is 0 Å². The molecule has 0 spiro atoms. The number of fused-ring (bicyclic) bond motifs is 1. The average Bonchev–Trinajstić information content (AvgIpc) is 2.74. The van der Waals surface area contributed by atoms with Crippen molar-refractivity contribution in [1.82, 2.24) is 9.80 Å². The molecule has 2 heterocycles. The van der Waals surface area contributed by atoms with Gasteiger partial charge in [-0.05, 0) is 29.7 Å². The van der Waals surface area contributed by atoms with E-state index in [2.05, 4.69) is 29.2 Å². The second-order valence-electron chi connectivity index (χ2n) is 7.21. The quantitative estimate of drug-likeness (QED) is 0.786. The Morgan fingerprint density at radius 3 is 2.07 bits per heavy atom. The molecule has 5 nitrogen and oxygen atoms in total. The first-order valence-corrected chi connectivity index (χ1v) is 9.63. The van der Waals surface area contributed by atoms with Crippen LogP contribution < -0.4 is 4.90 Å². The van der Waals surface area contributed by atoms with Gasteiger partial charge in [0.25, 0.3) is 0 Å². The summed E-state index contributed by atoms with van der Waals surface area (Å²) in [7, 11) is 0. The zero-order valence-electron chi connectivity index (χ0n) is 15.5. The number of nitrogens with zero attached hydrogens (tertiary/aromatic N) is 3. The maximum Gasteiger partial charge on any atom is 0.232 e. The molecule has 0 atom stereocenters. The Labute approximate surface area is 160 Å². The molecular weight excluding hydrogens is 338 g/mol. The van der Waals surface area contributed by atoms with Crippen LogP contribution >= 0.6 is 0 Å². The van der Waals surface area contributed by atoms with Gasteiger partial charge in [0.2, 0.25) is 11.8 Å². The van der Waals surface area contributed by atoms with Crippen LogP contribution in [0.3, 0.4) is 0 Å². The van der Waals surface area contributed by atoms with Crippen molar-refractivity contribution in [3.05, 3.63) is 65.7 Å². The molecule has 2 aliphatic heterocycles. The second-order valence-corrected chi connectivity index (χ2v) is 7.21. The zero-order valence-corrected chi connectivity index (χ0v) is 15.5. The summed E-state index contributed by atoms with van der Waals surface area (Å²) in [5.41, 5.74) is 3.69. The maximum atomic E-state index is 12.6. The molecular formula is C22H25N3O2. The minimum absolute atomic E-state index is 0.0203. The summed E-state index contributed by atoms with van der Waals surface area (Å²) in [5.74, 6) is -0.105. The van der Waals surface area contributed by atoms with E-state index in [4.69, 9.17) is 0 Å². The number of amides is 2. The number of carbonyl (C=O) groups excluding carboxylic acids is 2. The highest BCUT2D eigenvalue weighted by molar-refractivity contribution is 5.97. The predicted octanol–water partition coefficient (Wildman–Crippen LogP) is 2.31. The van der Waals surface area contributed by atoms with Crippen LogP contribution in [0.1, 0.15) is 17.5 Å². The summed E-state index contributed by atoms with van der Waals surface area (Å²) in [4.78, 5) is 31.1. The Hall–Kier alpha value is -2.82. The first kappa shape index (κ1) is 17.6. The molecule has 0 saturated carbocycles. The highest BCUT2D eigenvalue weighted by atomic mass is 16.2. The average molecular weight is 363 g/mol. The highest BCUT2D eigenvalue weighted by Gasteiger charge is 2.26. The lowest BCUT2D eigenvalue weighted by molar-refractivity contribution is -0.141. The number of para-hydroxylation sites is 1. The third-order valence-electron chi connectivity index (χ3n) is 5.54. The van der Waals surface area contributed by atoms with Crippen LogP contribution in [0.25, 0.3) is 0 Å². The Kier molecular flexibility index (Phi) is 5.10. The molecule has 4 rings (SSSR count). The van der Waals surface area contributed by atoms with Crippen molar-refractivity contribution in [2.75, 3.05) is 37.6 Å². The van der Waals surface area contributed by atoms with Crippen molar-refractivity contribution in [1.29, 1.82) is 0 Å². The van der Waals surface area contributed by atoms with E-state index in [1.807, 2.05) is 40.1 Å². The molecule has 0 aromatic heterocycles. The molecule has 2 aliphatic rings. The van der Waals surface area contributed by atoms with Crippen LogP contribution in [-0.4, -0.2) is 54.3 Å². The van der Waals surface area contributed by atoms with Crippen molar-refractivity contribution < 1.29 is 9.59 Å². The van der Waals surface area contributed by atoms with Crippen molar-refractivity contribution >= 4 is 17.5 Å². The predicted molar refractivity (Wildman–Crippen MR) is 105 cm³/mol. The molecule has 2 aromatic rings. The third-order valence-corrected chi connectivity index (χ3v) is 5.54. The van der Waals surface area contributed by atoms with Gasteiger partial charge in [0.15, 0.2) is 0 Å². The lowest BCUT2D eigenvalue weighted by Crippen LogP contribution is -2.50. The molecule has 5 heteroatoms. The molecule has 27 heavy (non-hydrogen) atoms. The van der Waals surface area contributed by atoms with E-state index in [1.54, 1.807) is 0 Å².